The van der Waals surface area contributed by atoms with Gasteiger partial charge in [0.1, 0.15) is 0 Å². The summed E-state index contributed by atoms with van der Waals surface area (Å²) >= 11 is 0. The molecule has 2 heterocycles. The lowest BCUT2D eigenvalue weighted by Crippen LogP contribution is -2.44. The zero-order valence-electron chi connectivity index (χ0n) is 14.0. The Labute approximate surface area is 145 Å². The highest BCUT2D eigenvalue weighted by Crippen LogP contribution is 2.19. The van der Waals surface area contributed by atoms with Crippen LogP contribution < -0.4 is 15.5 Å². The highest BCUT2D eigenvalue weighted by atomic mass is 16.2. The van der Waals surface area contributed by atoms with E-state index in [4.69, 9.17) is 0 Å². The normalized spacial score (nSPS) is 14.8. The van der Waals surface area contributed by atoms with E-state index in [1.165, 1.54) is 12.4 Å². The zero-order chi connectivity index (χ0) is 17.6. The molecule has 130 valence electrons. The maximum Gasteiger partial charge on any atom is 0.316 e. The van der Waals surface area contributed by atoms with Crippen LogP contribution in [0.1, 0.15) is 0 Å². The Hall–Kier alpha value is -3.00. The van der Waals surface area contributed by atoms with Gasteiger partial charge in [-0.2, -0.15) is 0 Å². The number of carbonyl (C=O) groups is 2. The van der Waals surface area contributed by atoms with Crippen molar-refractivity contribution in [2.75, 3.05) is 48.8 Å². The van der Waals surface area contributed by atoms with Gasteiger partial charge in [0.2, 0.25) is 5.95 Å². The summed E-state index contributed by atoms with van der Waals surface area (Å²) < 4.78 is 0. The van der Waals surface area contributed by atoms with Gasteiger partial charge in [0.15, 0.2) is 0 Å². The number of hydrogen-bond donors (Lipinski definition) is 2. The molecule has 0 bridgehead atoms. The van der Waals surface area contributed by atoms with Crippen LogP contribution in [0.3, 0.4) is 0 Å². The molecule has 1 aliphatic heterocycles. The number of nitrogens with zero attached hydrogens (tertiary/aromatic N) is 4. The third-order valence-electron chi connectivity index (χ3n) is 3.99. The summed E-state index contributed by atoms with van der Waals surface area (Å²) in [6.45, 7) is 4.00. The van der Waals surface area contributed by atoms with Crippen LogP contribution in [0.2, 0.25) is 0 Å². The molecule has 3 rings (SSSR count). The van der Waals surface area contributed by atoms with Crippen LogP contribution in [0, 0.1) is 0 Å². The van der Waals surface area contributed by atoms with Crippen molar-refractivity contribution in [1.29, 1.82) is 0 Å². The van der Waals surface area contributed by atoms with Gasteiger partial charge < -0.3 is 15.1 Å². The Morgan fingerprint density at radius 3 is 2.16 bits per heavy atom. The number of likely N-dealkylation sites (N-methyl/N-ethyl adjacent to an activating group) is 1. The third kappa shape index (κ3) is 4.51. The molecular weight excluding hydrogens is 320 g/mol. The Bertz CT molecular complexity index is 727. The number of piperazine rings is 1. The van der Waals surface area contributed by atoms with Crippen molar-refractivity contribution < 1.29 is 9.59 Å². The highest BCUT2D eigenvalue weighted by Gasteiger charge is 2.16. The average Bonchev–Trinajstić information content (AvgIpc) is 2.64. The minimum atomic E-state index is -0.811. The maximum absolute atomic E-state index is 11.9. The van der Waals surface area contributed by atoms with Gasteiger partial charge in [0, 0.05) is 49.9 Å². The maximum atomic E-state index is 11.9. The number of aromatic nitrogens is 2. The first-order chi connectivity index (χ1) is 12.1. The molecule has 1 aliphatic rings. The summed E-state index contributed by atoms with van der Waals surface area (Å²) in [5.41, 5.74) is 1.67. The second-order valence-electron chi connectivity index (χ2n) is 5.82. The lowest BCUT2D eigenvalue weighted by Gasteiger charge is -2.34. The summed E-state index contributed by atoms with van der Waals surface area (Å²) in [5, 5.41) is 4.91. The molecule has 1 saturated heterocycles. The number of rotatable bonds is 3. The second-order valence-corrected chi connectivity index (χ2v) is 5.82. The van der Waals surface area contributed by atoms with Gasteiger partial charge in [-0.3, -0.25) is 14.9 Å². The SMILES string of the molecule is CN1CCN(c2ccc(NC(=O)C(=O)Nc3ncccn3)cc2)CC1. The topological polar surface area (TPSA) is 90.5 Å². The van der Waals surface area contributed by atoms with Crippen LogP contribution in [0.4, 0.5) is 17.3 Å². The molecular formula is C17H20N6O2. The Morgan fingerprint density at radius 1 is 0.920 bits per heavy atom. The van der Waals surface area contributed by atoms with Crippen molar-refractivity contribution in [1.82, 2.24) is 14.9 Å². The molecule has 25 heavy (non-hydrogen) atoms. The lowest BCUT2D eigenvalue weighted by atomic mass is 10.2. The summed E-state index contributed by atoms with van der Waals surface area (Å²) in [7, 11) is 2.11. The Balaban J connectivity index is 1.55. The van der Waals surface area contributed by atoms with Crippen molar-refractivity contribution in [3.63, 3.8) is 0 Å². The van der Waals surface area contributed by atoms with Gasteiger partial charge in [-0.1, -0.05) is 0 Å². The predicted octanol–water partition coefficient (Wildman–Crippen LogP) is 0.806. The third-order valence-corrected chi connectivity index (χ3v) is 3.99. The lowest BCUT2D eigenvalue weighted by molar-refractivity contribution is -0.133. The first-order valence-electron chi connectivity index (χ1n) is 8.05. The molecule has 0 atom stereocenters. The van der Waals surface area contributed by atoms with Gasteiger partial charge >= 0.3 is 11.8 Å². The van der Waals surface area contributed by atoms with Crippen LogP contribution in [-0.2, 0) is 9.59 Å². The van der Waals surface area contributed by atoms with E-state index in [0.29, 0.717) is 5.69 Å². The van der Waals surface area contributed by atoms with Crippen LogP contribution >= 0.6 is 0 Å². The standard InChI is InChI=1S/C17H20N6O2/c1-22-9-11-23(12-10-22)14-5-3-13(4-6-14)20-15(24)16(25)21-17-18-7-2-8-19-17/h2-8H,9-12H2,1H3,(H,20,24)(H,18,19,21,25). The van der Waals surface area contributed by atoms with Crippen LogP contribution in [0.15, 0.2) is 42.7 Å². The zero-order valence-corrected chi connectivity index (χ0v) is 14.0. The summed E-state index contributed by atoms with van der Waals surface area (Å²) in [6, 6.07) is 9.09. The summed E-state index contributed by atoms with van der Waals surface area (Å²) in [5.74, 6) is -1.48. The van der Waals surface area contributed by atoms with Gasteiger partial charge in [0.05, 0.1) is 0 Å². The van der Waals surface area contributed by atoms with Crippen molar-refractivity contribution in [3.8, 4) is 0 Å². The minimum Gasteiger partial charge on any atom is -0.369 e. The molecule has 1 fully saturated rings. The van der Waals surface area contributed by atoms with E-state index in [1.54, 1.807) is 18.2 Å². The molecule has 0 aliphatic carbocycles. The molecule has 8 heteroatoms. The molecule has 0 spiro atoms. The Morgan fingerprint density at radius 2 is 1.52 bits per heavy atom. The van der Waals surface area contributed by atoms with Crippen molar-refractivity contribution in [3.05, 3.63) is 42.7 Å². The summed E-state index contributed by atoms with van der Waals surface area (Å²) in [4.78, 5) is 36.1. The van der Waals surface area contributed by atoms with Gasteiger partial charge in [0.25, 0.3) is 0 Å². The molecule has 0 radical (unpaired) electrons. The highest BCUT2D eigenvalue weighted by molar-refractivity contribution is 6.43. The fraction of sp³-hybridized carbons (Fsp3) is 0.294. The average molecular weight is 340 g/mol. The van der Waals surface area contributed by atoms with E-state index in [9.17, 15) is 9.59 Å². The van der Waals surface area contributed by atoms with E-state index < -0.39 is 11.8 Å². The van der Waals surface area contributed by atoms with Crippen molar-refractivity contribution in [2.24, 2.45) is 0 Å². The molecule has 2 aromatic rings. The fourth-order valence-electron chi connectivity index (χ4n) is 2.53. The molecule has 1 aromatic carbocycles. The molecule has 0 saturated carbocycles. The van der Waals surface area contributed by atoms with E-state index in [0.717, 1.165) is 31.9 Å². The quantitative estimate of drug-likeness (QED) is 0.804. The van der Waals surface area contributed by atoms with Gasteiger partial charge in [-0.05, 0) is 37.4 Å². The first-order valence-corrected chi connectivity index (χ1v) is 8.05. The number of anilines is 3. The van der Waals surface area contributed by atoms with Crippen molar-refractivity contribution >= 4 is 29.1 Å². The minimum absolute atomic E-state index is 0.0908. The molecule has 1 aromatic heterocycles. The van der Waals surface area contributed by atoms with E-state index in [1.807, 2.05) is 12.1 Å². The smallest absolute Gasteiger partial charge is 0.316 e. The van der Waals surface area contributed by atoms with E-state index in [-0.39, 0.29) is 5.95 Å². The number of carbonyl (C=O) groups excluding carboxylic acids is 2. The summed E-state index contributed by atoms with van der Waals surface area (Å²) in [6.07, 6.45) is 2.97. The van der Waals surface area contributed by atoms with Crippen LogP contribution in [-0.4, -0.2) is 59.9 Å². The number of hydrogen-bond acceptors (Lipinski definition) is 6. The van der Waals surface area contributed by atoms with Gasteiger partial charge in [-0.25, -0.2) is 9.97 Å². The number of benzene rings is 1. The van der Waals surface area contributed by atoms with Crippen LogP contribution in [0.25, 0.3) is 0 Å². The molecule has 2 N–H and O–H groups in total. The van der Waals surface area contributed by atoms with Gasteiger partial charge in [-0.15, -0.1) is 0 Å². The van der Waals surface area contributed by atoms with E-state index in [2.05, 4.69) is 37.4 Å². The second kappa shape index (κ2) is 7.71. The van der Waals surface area contributed by atoms with Crippen molar-refractivity contribution in [2.45, 2.75) is 0 Å². The number of nitrogens with one attached hydrogen (secondary N) is 2. The first kappa shape index (κ1) is 16.8. The molecule has 0 unspecified atom stereocenters. The predicted molar refractivity (Wildman–Crippen MR) is 95.4 cm³/mol. The fourth-order valence-corrected chi connectivity index (χ4v) is 2.53. The Kier molecular flexibility index (Phi) is 5.20. The molecule has 2 amide bonds. The molecule has 8 nitrogen and oxygen atoms in total. The monoisotopic (exact) mass is 340 g/mol. The largest absolute Gasteiger partial charge is 0.369 e. The number of amides is 2. The van der Waals surface area contributed by atoms with Crippen LogP contribution in [0.5, 0.6) is 0 Å². The van der Waals surface area contributed by atoms with E-state index >= 15 is 0 Å².